The van der Waals surface area contributed by atoms with E-state index in [1.165, 1.54) is 26.4 Å². The quantitative estimate of drug-likeness (QED) is 0.636. The molecule has 2 aromatic rings. The van der Waals surface area contributed by atoms with Gasteiger partial charge in [0.2, 0.25) is 0 Å². The Kier molecular flexibility index (Phi) is 5.70. The second-order valence-electron chi connectivity index (χ2n) is 5.61. The zero-order chi connectivity index (χ0) is 18.6. The summed E-state index contributed by atoms with van der Waals surface area (Å²) in [5.41, 5.74) is 2.72. The van der Waals surface area contributed by atoms with Crippen LogP contribution in [0.25, 0.3) is 6.08 Å². The van der Waals surface area contributed by atoms with Crippen molar-refractivity contribution in [3.63, 3.8) is 0 Å². The van der Waals surface area contributed by atoms with E-state index < -0.39 is 0 Å². The number of benzene rings is 2. The van der Waals surface area contributed by atoms with Crippen LogP contribution in [-0.4, -0.2) is 32.2 Å². The number of ketones is 1. The fourth-order valence-corrected chi connectivity index (χ4v) is 2.71. The SMILES string of the molecule is COc1cc(C)cc(C(=O)/C=C/c2cc(O)c(OC)c(C)c2OC)c1. The van der Waals surface area contributed by atoms with Crippen LogP contribution < -0.4 is 14.2 Å². The fourth-order valence-electron chi connectivity index (χ4n) is 2.71. The molecule has 0 aliphatic carbocycles. The molecule has 2 aromatic carbocycles. The Morgan fingerprint density at radius 2 is 1.64 bits per heavy atom. The summed E-state index contributed by atoms with van der Waals surface area (Å²) in [4.78, 5) is 12.5. The van der Waals surface area contributed by atoms with Gasteiger partial charge in [0.25, 0.3) is 0 Å². The minimum atomic E-state index is -0.169. The summed E-state index contributed by atoms with van der Waals surface area (Å²) in [6, 6.07) is 6.84. The number of allylic oxidation sites excluding steroid dienone is 1. The topological polar surface area (TPSA) is 65.0 Å². The number of carbonyl (C=O) groups is 1. The average Bonchev–Trinajstić information content (AvgIpc) is 2.59. The predicted molar refractivity (Wildman–Crippen MR) is 97.0 cm³/mol. The molecule has 0 radical (unpaired) electrons. The number of hydrogen-bond acceptors (Lipinski definition) is 5. The van der Waals surface area contributed by atoms with Gasteiger partial charge < -0.3 is 19.3 Å². The molecule has 132 valence electrons. The van der Waals surface area contributed by atoms with Gasteiger partial charge in [0.05, 0.1) is 21.3 Å². The van der Waals surface area contributed by atoms with Gasteiger partial charge in [-0.1, -0.05) is 0 Å². The average molecular weight is 342 g/mol. The summed E-state index contributed by atoms with van der Waals surface area (Å²) >= 11 is 0. The molecule has 0 unspecified atom stereocenters. The summed E-state index contributed by atoms with van der Waals surface area (Å²) in [6.45, 7) is 3.68. The van der Waals surface area contributed by atoms with Crippen LogP contribution in [0.3, 0.4) is 0 Å². The van der Waals surface area contributed by atoms with E-state index in [2.05, 4.69) is 0 Å². The third kappa shape index (κ3) is 3.94. The van der Waals surface area contributed by atoms with Crippen LogP contribution in [0.4, 0.5) is 0 Å². The molecule has 25 heavy (non-hydrogen) atoms. The van der Waals surface area contributed by atoms with Crippen molar-refractivity contribution in [2.24, 2.45) is 0 Å². The Morgan fingerprint density at radius 1 is 0.960 bits per heavy atom. The van der Waals surface area contributed by atoms with Crippen molar-refractivity contribution in [3.05, 3.63) is 52.6 Å². The molecule has 2 rings (SSSR count). The van der Waals surface area contributed by atoms with E-state index in [1.54, 1.807) is 32.2 Å². The normalized spacial score (nSPS) is 10.8. The molecule has 0 saturated carbocycles. The molecular weight excluding hydrogens is 320 g/mol. The highest BCUT2D eigenvalue weighted by Gasteiger charge is 2.15. The third-order valence-electron chi connectivity index (χ3n) is 3.86. The zero-order valence-corrected chi connectivity index (χ0v) is 15.0. The number of carbonyl (C=O) groups excluding carboxylic acids is 1. The van der Waals surface area contributed by atoms with Crippen molar-refractivity contribution >= 4 is 11.9 Å². The first-order valence-corrected chi connectivity index (χ1v) is 7.73. The number of phenols is 1. The molecule has 0 aliphatic rings. The second-order valence-corrected chi connectivity index (χ2v) is 5.61. The highest BCUT2D eigenvalue weighted by Crippen LogP contribution is 2.39. The van der Waals surface area contributed by atoms with Crippen molar-refractivity contribution in [2.45, 2.75) is 13.8 Å². The molecule has 1 N–H and O–H groups in total. The lowest BCUT2D eigenvalue weighted by Crippen LogP contribution is -1.98. The lowest BCUT2D eigenvalue weighted by molar-refractivity contribution is 0.104. The van der Waals surface area contributed by atoms with E-state index in [1.807, 2.05) is 13.0 Å². The Bertz CT molecular complexity index is 821. The summed E-state index contributed by atoms with van der Waals surface area (Å²) in [6.07, 6.45) is 3.06. The molecule has 0 saturated heterocycles. The third-order valence-corrected chi connectivity index (χ3v) is 3.86. The van der Waals surface area contributed by atoms with Crippen LogP contribution in [0.15, 0.2) is 30.3 Å². The lowest BCUT2D eigenvalue weighted by atomic mass is 10.0. The van der Waals surface area contributed by atoms with Crippen LogP contribution in [0.1, 0.15) is 27.0 Å². The summed E-state index contributed by atoms with van der Waals surface area (Å²) in [5, 5.41) is 10.1. The van der Waals surface area contributed by atoms with E-state index in [4.69, 9.17) is 14.2 Å². The van der Waals surface area contributed by atoms with E-state index >= 15 is 0 Å². The first-order valence-electron chi connectivity index (χ1n) is 7.73. The van der Waals surface area contributed by atoms with Crippen LogP contribution in [0.5, 0.6) is 23.0 Å². The Morgan fingerprint density at radius 3 is 2.24 bits per heavy atom. The van der Waals surface area contributed by atoms with Crippen LogP contribution in [0, 0.1) is 13.8 Å². The monoisotopic (exact) mass is 342 g/mol. The summed E-state index contributed by atoms with van der Waals surface area (Å²) < 4.78 is 15.8. The fraction of sp³-hybridized carbons (Fsp3) is 0.250. The van der Waals surface area contributed by atoms with E-state index in [0.717, 1.165) is 5.56 Å². The van der Waals surface area contributed by atoms with Gasteiger partial charge in [0.15, 0.2) is 17.3 Å². The number of hydrogen-bond donors (Lipinski definition) is 1. The Hall–Kier alpha value is -2.95. The molecule has 0 heterocycles. The van der Waals surface area contributed by atoms with Gasteiger partial charge in [-0.15, -0.1) is 0 Å². The number of ether oxygens (including phenoxy) is 3. The van der Waals surface area contributed by atoms with Gasteiger partial charge in [-0.25, -0.2) is 0 Å². The van der Waals surface area contributed by atoms with E-state index in [9.17, 15) is 9.90 Å². The van der Waals surface area contributed by atoms with Crippen LogP contribution in [0.2, 0.25) is 0 Å². The predicted octanol–water partition coefficient (Wildman–Crippen LogP) is 3.93. The molecule has 0 aliphatic heterocycles. The highest BCUT2D eigenvalue weighted by atomic mass is 16.5. The highest BCUT2D eigenvalue weighted by molar-refractivity contribution is 6.07. The van der Waals surface area contributed by atoms with Crippen molar-refractivity contribution < 1.29 is 24.1 Å². The number of phenolic OH excluding ortho intramolecular Hbond substituents is 1. The smallest absolute Gasteiger partial charge is 0.185 e. The van der Waals surface area contributed by atoms with Crippen LogP contribution >= 0.6 is 0 Å². The summed E-state index contributed by atoms with van der Waals surface area (Å²) in [5.74, 6) is 1.35. The molecule has 0 atom stereocenters. The second kappa shape index (κ2) is 7.75. The summed E-state index contributed by atoms with van der Waals surface area (Å²) in [7, 11) is 4.57. The van der Waals surface area contributed by atoms with Crippen molar-refractivity contribution in [1.82, 2.24) is 0 Å². The molecule has 0 spiro atoms. The van der Waals surface area contributed by atoms with Gasteiger partial charge in [0, 0.05) is 16.7 Å². The Balaban J connectivity index is 2.39. The maximum absolute atomic E-state index is 12.5. The van der Waals surface area contributed by atoms with Crippen LogP contribution in [-0.2, 0) is 0 Å². The first-order chi connectivity index (χ1) is 11.9. The van der Waals surface area contributed by atoms with Gasteiger partial charge >= 0.3 is 0 Å². The Labute approximate surface area is 147 Å². The molecule has 5 heteroatoms. The lowest BCUT2D eigenvalue weighted by Gasteiger charge is -2.14. The minimum Gasteiger partial charge on any atom is -0.504 e. The molecule has 0 aromatic heterocycles. The first kappa shape index (κ1) is 18.4. The standard InChI is InChI=1S/C20H22O5/c1-12-8-15(10-16(9-12)23-3)17(21)7-6-14-11-18(22)20(25-5)13(2)19(14)24-4/h6-11,22H,1-5H3/b7-6+. The number of rotatable bonds is 6. The van der Waals surface area contributed by atoms with Crippen molar-refractivity contribution in [3.8, 4) is 23.0 Å². The van der Waals surface area contributed by atoms with Gasteiger partial charge in [-0.2, -0.15) is 0 Å². The number of aromatic hydroxyl groups is 1. The van der Waals surface area contributed by atoms with E-state index in [-0.39, 0.29) is 11.5 Å². The molecule has 0 bridgehead atoms. The number of methoxy groups -OCH3 is 3. The molecule has 0 amide bonds. The maximum Gasteiger partial charge on any atom is 0.185 e. The maximum atomic E-state index is 12.5. The van der Waals surface area contributed by atoms with Crippen molar-refractivity contribution in [1.29, 1.82) is 0 Å². The van der Waals surface area contributed by atoms with Crippen molar-refractivity contribution in [2.75, 3.05) is 21.3 Å². The zero-order valence-electron chi connectivity index (χ0n) is 15.0. The molecular formula is C20H22O5. The molecule has 5 nitrogen and oxygen atoms in total. The van der Waals surface area contributed by atoms with Gasteiger partial charge in [-0.3, -0.25) is 4.79 Å². The van der Waals surface area contributed by atoms with E-state index in [0.29, 0.717) is 33.9 Å². The number of aryl methyl sites for hydroxylation is 1. The largest absolute Gasteiger partial charge is 0.504 e. The minimum absolute atomic E-state index is 0.00914. The van der Waals surface area contributed by atoms with Gasteiger partial charge in [0.1, 0.15) is 11.5 Å². The molecule has 0 fully saturated rings. The van der Waals surface area contributed by atoms with Gasteiger partial charge in [-0.05, 0) is 55.8 Å².